The fourth-order valence-corrected chi connectivity index (χ4v) is 3.06. The molecule has 5 N–H and O–H groups in total. The SMILES string of the molecule is CCCCCCCCCCCCCCCC(=O)OCC(O)C(O)C(O)=C(O)C(=O)O. The highest BCUT2D eigenvalue weighted by molar-refractivity contribution is 5.84. The van der Waals surface area contributed by atoms with Gasteiger partial charge in [-0.2, -0.15) is 0 Å². The number of carbonyl (C=O) groups excluding carboxylic acids is 1. The zero-order valence-corrected chi connectivity index (χ0v) is 18.2. The maximum atomic E-state index is 11.7. The van der Waals surface area contributed by atoms with Gasteiger partial charge in [0.05, 0.1) is 0 Å². The summed E-state index contributed by atoms with van der Waals surface area (Å²) in [6.07, 6.45) is 11.9. The number of hydrogen-bond donors (Lipinski definition) is 5. The number of carbonyl (C=O) groups is 2. The van der Waals surface area contributed by atoms with E-state index in [2.05, 4.69) is 6.92 Å². The van der Waals surface area contributed by atoms with Crippen LogP contribution >= 0.6 is 0 Å². The van der Waals surface area contributed by atoms with Gasteiger partial charge in [-0.15, -0.1) is 0 Å². The average Bonchev–Trinajstić information content (AvgIpc) is 2.73. The van der Waals surface area contributed by atoms with Crippen molar-refractivity contribution >= 4 is 11.9 Å². The first-order valence-corrected chi connectivity index (χ1v) is 11.2. The Morgan fingerprint density at radius 1 is 0.733 bits per heavy atom. The lowest BCUT2D eigenvalue weighted by Gasteiger charge is -2.17. The molecule has 0 saturated heterocycles. The number of rotatable bonds is 19. The van der Waals surface area contributed by atoms with Gasteiger partial charge in [-0.3, -0.25) is 4.79 Å². The van der Waals surface area contributed by atoms with Crippen LogP contribution in [0.15, 0.2) is 11.5 Å². The molecule has 0 aromatic rings. The number of esters is 1. The minimum absolute atomic E-state index is 0.183. The van der Waals surface area contributed by atoms with Crippen LogP contribution in [0.1, 0.15) is 96.8 Å². The first kappa shape index (κ1) is 28.2. The molecule has 0 spiro atoms. The van der Waals surface area contributed by atoms with E-state index in [0.717, 1.165) is 19.3 Å². The van der Waals surface area contributed by atoms with E-state index < -0.39 is 42.3 Å². The Morgan fingerprint density at radius 3 is 1.60 bits per heavy atom. The molecular formula is C22H40O8. The summed E-state index contributed by atoms with van der Waals surface area (Å²) in [5.74, 6) is -5.16. The molecular weight excluding hydrogens is 392 g/mol. The highest BCUT2D eigenvalue weighted by atomic mass is 16.5. The van der Waals surface area contributed by atoms with Gasteiger partial charge < -0.3 is 30.3 Å². The van der Waals surface area contributed by atoms with Crippen molar-refractivity contribution in [3.05, 3.63) is 11.5 Å². The molecule has 0 rings (SSSR count). The second-order valence-corrected chi connectivity index (χ2v) is 7.73. The van der Waals surface area contributed by atoms with Crippen LogP contribution in [0.25, 0.3) is 0 Å². The van der Waals surface area contributed by atoms with E-state index >= 15 is 0 Å². The van der Waals surface area contributed by atoms with Crippen molar-refractivity contribution in [2.75, 3.05) is 6.61 Å². The number of ether oxygens (including phenoxy) is 1. The number of hydrogen-bond acceptors (Lipinski definition) is 7. The predicted octanol–water partition coefficient (Wildman–Crippen LogP) is 4.14. The molecule has 0 radical (unpaired) electrons. The van der Waals surface area contributed by atoms with Crippen LogP contribution in [-0.4, -0.2) is 56.3 Å². The van der Waals surface area contributed by atoms with E-state index in [9.17, 15) is 24.9 Å². The predicted molar refractivity (Wildman–Crippen MR) is 113 cm³/mol. The van der Waals surface area contributed by atoms with Crippen molar-refractivity contribution in [1.82, 2.24) is 0 Å². The first-order chi connectivity index (χ1) is 14.3. The molecule has 0 saturated carbocycles. The Kier molecular flexibility index (Phi) is 16.9. The zero-order valence-electron chi connectivity index (χ0n) is 18.2. The highest BCUT2D eigenvalue weighted by Crippen LogP contribution is 2.13. The summed E-state index contributed by atoms with van der Waals surface area (Å²) in [6, 6.07) is 0. The van der Waals surface area contributed by atoms with Crippen molar-refractivity contribution in [3.8, 4) is 0 Å². The third-order valence-corrected chi connectivity index (χ3v) is 4.99. The highest BCUT2D eigenvalue weighted by Gasteiger charge is 2.27. The van der Waals surface area contributed by atoms with Crippen molar-refractivity contribution in [2.24, 2.45) is 0 Å². The Labute approximate surface area is 179 Å². The number of carboxylic acids is 1. The van der Waals surface area contributed by atoms with Crippen LogP contribution in [0.4, 0.5) is 0 Å². The third kappa shape index (κ3) is 14.2. The quantitative estimate of drug-likeness (QED) is 0.0886. The van der Waals surface area contributed by atoms with Gasteiger partial charge in [-0.25, -0.2) is 4.79 Å². The molecule has 0 aliphatic carbocycles. The number of carboxylic acid groups (broad SMARTS) is 1. The molecule has 0 aliphatic rings. The Hall–Kier alpha value is -1.80. The van der Waals surface area contributed by atoms with E-state index in [-0.39, 0.29) is 6.42 Å². The van der Waals surface area contributed by atoms with Crippen LogP contribution in [0.5, 0.6) is 0 Å². The van der Waals surface area contributed by atoms with Gasteiger partial charge in [0.2, 0.25) is 5.76 Å². The molecule has 176 valence electrons. The number of aliphatic carboxylic acids is 1. The summed E-state index contributed by atoms with van der Waals surface area (Å²) in [6.45, 7) is 1.61. The molecule has 2 unspecified atom stereocenters. The summed E-state index contributed by atoms with van der Waals surface area (Å²) in [5.41, 5.74) is 0. The lowest BCUT2D eigenvalue weighted by molar-refractivity contribution is -0.149. The van der Waals surface area contributed by atoms with Crippen LogP contribution in [0.3, 0.4) is 0 Å². The van der Waals surface area contributed by atoms with Gasteiger partial charge >= 0.3 is 11.9 Å². The fourth-order valence-electron chi connectivity index (χ4n) is 3.06. The summed E-state index contributed by atoms with van der Waals surface area (Å²) in [5, 5.41) is 46.0. The van der Waals surface area contributed by atoms with Crippen molar-refractivity contribution < 1.29 is 39.9 Å². The minimum Gasteiger partial charge on any atom is -0.506 e. The first-order valence-electron chi connectivity index (χ1n) is 11.2. The van der Waals surface area contributed by atoms with E-state index in [1.54, 1.807) is 0 Å². The minimum atomic E-state index is -2.06. The van der Waals surface area contributed by atoms with Gasteiger partial charge in [0.1, 0.15) is 18.8 Å². The third-order valence-electron chi connectivity index (χ3n) is 4.99. The largest absolute Gasteiger partial charge is 0.506 e. The molecule has 30 heavy (non-hydrogen) atoms. The Balaban J connectivity index is 3.66. The number of aliphatic hydroxyl groups is 4. The van der Waals surface area contributed by atoms with Crippen LogP contribution < -0.4 is 0 Å². The van der Waals surface area contributed by atoms with E-state index in [4.69, 9.17) is 14.9 Å². The molecule has 0 bridgehead atoms. The van der Waals surface area contributed by atoms with E-state index in [0.29, 0.717) is 6.42 Å². The molecule has 8 heteroatoms. The Morgan fingerprint density at radius 2 is 1.17 bits per heavy atom. The molecule has 0 aromatic carbocycles. The van der Waals surface area contributed by atoms with Crippen LogP contribution in [0, 0.1) is 0 Å². The molecule has 0 fully saturated rings. The topological polar surface area (TPSA) is 145 Å². The fraction of sp³-hybridized carbons (Fsp3) is 0.818. The van der Waals surface area contributed by atoms with Gasteiger partial charge in [0, 0.05) is 6.42 Å². The van der Waals surface area contributed by atoms with E-state index in [1.807, 2.05) is 0 Å². The monoisotopic (exact) mass is 432 g/mol. The lowest BCUT2D eigenvalue weighted by Crippen LogP contribution is -2.34. The molecule has 2 atom stereocenters. The van der Waals surface area contributed by atoms with Crippen LogP contribution in [-0.2, 0) is 14.3 Å². The summed E-state index contributed by atoms with van der Waals surface area (Å²) in [4.78, 5) is 22.1. The number of aliphatic hydroxyl groups excluding tert-OH is 4. The lowest BCUT2D eigenvalue weighted by atomic mass is 10.0. The van der Waals surface area contributed by atoms with Gasteiger partial charge in [0.25, 0.3) is 0 Å². The Bertz CT molecular complexity index is 503. The molecule has 8 nitrogen and oxygen atoms in total. The van der Waals surface area contributed by atoms with Crippen molar-refractivity contribution in [2.45, 2.75) is 109 Å². The number of unbranched alkanes of at least 4 members (excludes halogenated alkanes) is 12. The summed E-state index contributed by atoms with van der Waals surface area (Å²) >= 11 is 0. The van der Waals surface area contributed by atoms with Crippen molar-refractivity contribution in [3.63, 3.8) is 0 Å². The van der Waals surface area contributed by atoms with E-state index in [1.165, 1.54) is 57.8 Å². The second kappa shape index (κ2) is 18.0. The second-order valence-electron chi connectivity index (χ2n) is 7.73. The van der Waals surface area contributed by atoms with Crippen molar-refractivity contribution in [1.29, 1.82) is 0 Å². The van der Waals surface area contributed by atoms with Gasteiger partial charge in [-0.05, 0) is 6.42 Å². The normalized spacial score (nSPS) is 14.1. The summed E-state index contributed by atoms with van der Waals surface area (Å²) < 4.78 is 4.81. The molecule has 0 aliphatic heterocycles. The maximum Gasteiger partial charge on any atom is 0.374 e. The average molecular weight is 433 g/mol. The molecule has 0 heterocycles. The zero-order chi connectivity index (χ0) is 22.8. The van der Waals surface area contributed by atoms with Crippen LogP contribution in [0.2, 0.25) is 0 Å². The molecule has 0 aromatic heterocycles. The maximum absolute atomic E-state index is 11.7. The molecule has 0 amide bonds. The summed E-state index contributed by atoms with van der Waals surface area (Å²) in [7, 11) is 0. The standard InChI is InChI=1S/C22H40O8/c1-2-3-4-5-6-7-8-9-10-11-12-13-14-15-18(24)30-16-17(23)19(25)20(26)21(27)22(28)29/h17,19,23,25-27H,2-16H2,1H3,(H,28,29). The van der Waals surface area contributed by atoms with Gasteiger partial charge in [-0.1, -0.05) is 84.0 Å². The smallest absolute Gasteiger partial charge is 0.374 e. The van der Waals surface area contributed by atoms with Gasteiger partial charge in [0.15, 0.2) is 5.76 Å².